The van der Waals surface area contributed by atoms with Crippen LogP contribution in [0.25, 0.3) is 76.6 Å². The first-order valence-electron chi connectivity index (χ1n) is 14.3. The van der Waals surface area contributed by atoms with Crippen LogP contribution in [0.2, 0.25) is 0 Å². The van der Waals surface area contributed by atoms with Crippen molar-refractivity contribution in [1.29, 1.82) is 0 Å². The third kappa shape index (κ3) is 4.68. The van der Waals surface area contributed by atoms with Gasteiger partial charge < -0.3 is 0 Å². The van der Waals surface area contributed by atoms with E-state index in [9.17, 15) is 0 Å². The number of nitrogens with zero attached hydrogens (tertiary/aromatic N) is 3. The SMILES string of the molecule is c1ccc(-c2ccc(-c3nc(-c4ccccc4)nc(-c4ccc(-c5ccccc5)c5sc6ccccc6c45)n3)cc2)cc1. The van der Waals surface area contributed by atoms with E-state index in [1.165, 1.54) is 36.9 Å². The van der Waals surface area contributed by atoms with E-state index >= 15 is 0 Å². The number of hydrogen-bond acceptors (Lipinski definition) is 4. The van der Waals surface area contributed by atoms with Crippen LogP contribution in [0.3, 0.4) is 0 Å². The van der Waals surface area contributed by atoms with Gasteiger partial charge in [-0.2, -0.15) is 0 Å². The van der Waals surface area contributed by atoms with Gasteiger partial charge in [0, 0.05) is 36.9 Å². The highest BCUT2D eigenvalue weighted by molar-refractivity contribution is 7.26. The van der Waals surface area contributed by atoms with Gasteiger partial charge in [-0.25, -0.2) is 15.0 Å². The molecule has 0 aliphatic rings. The van der Waals surface area contributed by atoms with Crippen LogP contribution in [-0.4, -0.2) is 15.0 Å². The van der Waals surface area contributed by atoms with Gasteiger partial charge in [0.15, 0.2) is 17.5 Å². The Morgan fingerprint density at radius 2 is 0.814 bits per heavy atom. The largest absolute Gasteiger partial charge is 0.208 e. The Bertz CT molecular complexity index is 2210. The molecule has 2 aromatic heterocycles. The van der Waals surface area contributed by atoms with Crippen LogP contribution in [0.5, 0.6) is 0 Å². The molecule has 0 saturated heterocycles. The summed E-state index contributed by atoms with van der Waals surface area (Å²) in [6.45, 7) is 0. The van der Waals surface area contributed by atoms with Crippen molar-refractivity contribution in [2.24, 2.45) is 0 Å². The van der Waals surface area contributed by atoms with Gasteiger partial charge in [0.05, 0.1) is 0 Å². The summed E-state index contributed by atoms with van der Waals surface area (Å²) in [7, 11) is 0. The summed E-state index contributed by atoms with van der Waals surface area (Å²) in [5, 5.41) is 2.39. The molecule has 0 bridgehead atoms. The minimum atomic E-state index is 0.656. The summed E-state index contributed by atoms with van der Waals surface area (Å²) in [6.07, 6.45) is 0. The van der Waals surface area contributed by atoms with E-state index in [-0.39, 0.29) is 0 Å². The Labute approximate surface area is 253 Å². The summed E-state index contributed by atoms with van der Waals surface area (Å²) in [4.78, 5) is 15.2. The maximum Gasteiger partial charge on any atom is 0.164 e. The molecule has 43 heavy (non-hydrogen) atoms. The van der Waals surface area contributed by atoms with Gasteiger partial charge in [0.1, 0.15) is 0 Å². The summed E-state index contributed by atoms with van der Waals surface area (Å²) in [5.74, 6) is 1.99. The predicted molar refractivity (Wildman–Crippen MR) is 180 cm³/mol. The third-order valence-corrected chi connectivity index (χ3v) is 8.97. The Kier molecular flexibility index (Phi) is 6.32. The van der Waals surface area contributed by atoms with Crippen LogP contribution < -0.4 is 0 Å². The summed E-state index contributed by atoms with van der Waals surface area (Å²) < 4.78 is 2.48. The molecule has 2 heterocycles. The molecular weight excluding hydrogens is 543 g/mol. The maximum atomic E-state index is 5.12. The van der Waals surface area contributed by atoms with Crippen molar-refractivity contribution in [3.63, 3.8) is 0 Å². The zero-order valence-electron chi connectivity index (χ0n) is 23.2. The lowest BCUT2D eigenvalue weighted by Crippen LogP contribution is -2.00. The number of fused-ring (bicyclic) bond motifs is 3. The zero-order chi connectivity index (χ0) is 28.6. The molecule has 0 radical (unpaired) electrons. The van der Waals surface area contributed by atoms with E-state index in [0.717, 1.165) is 22.3 Å². The summed E-state index contributed by atoms with van der Waals surface area (Å²) >= 11 is 1.82. The normalized spacial score (nSPS) is 11.3. The molecule has 0 spiro atoms. The predicted octanol–water partition coefficient (Wildman–Crippen LogP) is 10.6. The second kappa shape index (κ2) is 10.8. The fourth-order valence-corrected chi connectivity index (χ4v) is 6.91. The van der Waals surface area contributed by atoms with Crippen molar-refractivity contribution in [3.8, 4) is 56.4 Å². The summed E-state index contributed by atoms with van der Waals surface area (Å²) in [5.41, 5.74) is 7.67. The topological polar surface area (TPSA) is 38.7 Å². The van der Waals surface area contributed by atoms with Crippen molar-refractivity contribution in [3.05, 3.63) is 152 Å². The zero-order valence-corrected chi connectivity index (χ0v) is 24.0. The smallest absolute Gasteiger partial charge is 0.164 e. The quantitative estimate of drug-likeness (QED) is 0.208. The molecule has 0 atom stereocenters. The molecule has 0 N–H and O–H groups in total. The van der Waals surface area contributed by atoms with Crippen LogP contribution in [0.15, 0.2) is 152 Å². The van der Waals surface area contributed by atoms with E-state index in [1.807, 2.05) is 35.6 Å². The molecular formula is C39H25N3S. The Hall–Kier alpha value is -5.45. The van der Waals surface area contributed by atoms with Crippen molar-refractivity contribution < 1.29 is 0 Å². The van der Waals surface area contributed by atoms with Crippen LogP contribution >= 0.6 is 11.3 Å². The van der Waals surface area contributed by atoms with Crippen LogP contribution in [-0.2, 0) is 0 Å². The fourth-order valence-electron chi connectivity index (χ4n) is 5.64. The number of thiophene rings is 1. The molecule has 3 nitrogen and oxygen atoms in total. The van der Waals surface area contributed by atoms with Gasteiger partial charge >= 0.3 is 0 Å². The van der Waals surface area contributed by atoms with E-state index in [1.54, 1.807) is 0 Å². The van der Waals surface area contributed by atoms with Gasteiger partial charge in [-0.05, 0) is 34.4 Å². The molecule has 8 rings (SSSR count). The highest BCUT2D eigenvalue weighted by atomic mass is 32.1. The number of hydrogen-bond donors (Lipinski definition) is 0. The minimum Gasteiger partial charge on any atom is -0.208 e. The van der Waals surface area contributed by atoms with Crippen molar-refractivity contribution in [2.75, 3.05) is 0 Å². The summed E-state index contributed by atoms with van der Waals surface area (Å²) in [6, 6.07) is 52.6. The number of aromatic nitrogens is 3. The molecule has 0 unspecified atom stereocenters. The Morgan fingerprint density at radius 3 is 1.49 bits per heavy atom. The lowest BCUT2D eigenvalue weighted by atomic mass is 9.98. The minimum absolute atomic E-state index is 0.656. The van der Waals surface area contributed by atoms with Crippen molar-refractivity contribution >= 4 is 31.5 Å². The number of rotatable bonds is 5. The first-order chi connectivity index (χ1) is 21.3. The molecule has 4 heteroatoms. The lowest BCUT2D eigenvalue weighted by molar-refractivity contribution is 1.08. The van der Waals surface area contributed by atoms with Crippen molar-refractivity contribution in [2.45, 2.75) is 0 Å². The molecule has 0 saturated carbocycles. The lowest BCUT2D eigenvalue weighted by Gasteiger charge is -2.12. The van der Waals surface area contributed by atoms with Gasteiger partial charge in [-0.15, -0.1) is 11.3 Å². The average Bonchev–Trinajstić information content (AvgIpc) is 3.49. The van der Waals surface area contributed by atoms with Crippen molar-refractivity contribution in [1.82, 2.24) is 15.0 Å². The second-order valence-corrected chi connectivity index (χ2v) is 11.5. The van der Waals surface area contributed by atoms with E-state index < -0.39 is 0 Å². The molecule has 8 aromatic rings. The molecule has 0 fully saturated rings. The Balaban J connectivity index is 1.35. The highest BCUT2D eigenvalue weighted by Crippen LogP contribution is 2.44. The first kappa shape index (κ1) is 25.3. The first-order valence-corrected chi connectivity index (χ1v) is 15.1. The van der Waals surface area contributed by atoms with E-state index in [2.05, 4.69) is 127 Å². The standard InChI is InChI=1S/C39H25N3S/c1-4-12-26(13-5-1)27-20-22-30(23-21-27)38-40-37(29-16-8-3-9-17-29)41-39(42-38)33-25-24-31(28-14-6-2-7-15-28)36-35(33)32-18-10-11-19-34(32)43-36/h1-25H. The second-order valence-electron chi connectivity index (χ2n) is 10.4. The fraction of sp³-hybridized carbons (Fsp3) is 0. The van der Waals surface area contributed by atoms with Gasteiger partial charge in [0.2, 0.25) is 0 Å². The van der Waals surface area contributed by atoms with Crippen LogP contribution in [0.1, 0.15) is 0 Å². The molecule has 0 amide bonds. The van der Waals surface area contributed by atoms with Gasteiger partial charge in [0.25, 0.3) is 0 Å². The van der Waals surface area contributed by atoms with Crippen LogP contribution in [0.4, 0.5) is 0 Å². The molecule has 6 aromatic carbocycles. The van der Waals surface area contributed by atoms with E-state index in [4.69, 9.17) is 15.0 Å². The Morgan fingerprint density at radius 1 is 0.349 bits per heavy atom. The van der Waals surface area contributed by atoms with Crippen LogP contribution in [0, 0.1) is 0 Å². The van der Waals surface area contributed by atoms with Gasteiger partial charge in [-0.1, -0.05) is 140 Å². The van der Waals surface area contributed by atoms with E-state index in [0.29, 0.717) is 17.5 Å². The number of benzene rings is 6. The molecule has 0 aliphatic heterocycles. The van der Waals surface area contributed by atoms with Gasteiger partial charge in [-0.3, -0.25) is 0 Å². The molecule has 202 valence electrons. The maximum absolute atomic E-state index is 5.12. The average molecular weight is 568 g/mol. The highest BCUT2D eigenvalue weighted by Gasteiger charge is 2.19. The molecule has 0 aliphatic carbocycles. The third-order valence-electron chi connectivity index (χ3n) is 7.77. The monoisotopic (exact) mass is 567 g/mol.